The number of aromatic amines is 1. The number of furan rings is 1. The lowest BCUT2D eigenvalue weighted by Gasteiger charge is -2.09. The van der Waals surface area contributed by atoms with E-state index in [9.17, 15) is 4.79 Å². The summed E-state index contributed by atoms with van der Waals surface area (Å²) < 4.78 is 15.6. The largest absolute Gasteiger partial charge is 0.493 e. The summed E-state index contributed by atoms with van der Waals surface area (Å²) in [6.07, 6.45) is 1.77. The van der Waals surface area contributed by atoms with Crippen LogP contribution < -0.4 is 14.8 Å². The molecule has 3 aromatic rings. The normalized spacial score (nSPS) is 10.5. The summed E-state index contributed by atoms with van der Waals surface area (Å²) in [7, 11) is 3.13. The summed E-state index contributed by atoms with van der Waals surface area (Å²) in [4.78, 5) is 16.4. The Kier molecular flexibility index (Phi) is 4.98. The number of amides is 1. The Hall–Kier alpha value is -3.29. The van der Waals surface area contributed by atoms with Gasteiger partial charge in [-0.25, -0.2) is 4.98 Å². The first-order valence-electron chi connectivity index (χ1n) is 7.62. The second-order valence-electron chi connectivity index (χ2n) is 5.23. The van der Waals surface area contributed by atoms with Gasteiger partial charge in [0.15, 0.2) is 17.3 Å². The van der Waals surface area contributed by atoms with Crippen LogP contribution in [0.5, 0.6) is 11.5 Å². The van der Waals surface area contributed by atoms with Gasteiger partial charge in [-0.3, -0.25) is 9.89 Å². The third kappa shape index (κ3) is 3.97. The molecule has 0 spiro atoms. The van der Waals surface area contributed by atoms with Gasteiger partial charge in [-0.1, -0.05) is 6.07 Å². The van der Waals surface area contributed by atoms with Gasteiger partial charge in [0.05, 0.1) is 33.4 Å². The maximum Gasteiger partial charge on any atom is 0.224 e. The van der Waals surface area contributed by atoms with Gasteiger partial charge in [-0.2, -0.15) is 0 Å². The fraction of sp³-hybridized carbons (Fsp3) is 0.235. The molecule has 0 bridgehead atoms. The van der Waals surface area contributed by atoms with Gasteiger partial charge < -0.3 is 19.2 Å². The van der Waals surface area contributed by atoms with Crippen LogP contribution in [0.15, 0.2) is 41.0 Å². The second-order valence-corrected chi connectivity index (χ2v) is 5.23. The van der Waals surface area contributed by atoms with Crippen molar-refractivity contribution >= 4 is 5.91 Å². The SMILES string of the molecule is COc1ccc(CC(=O)NCc2nc(-c3ccco3)n[nH]2)cc1OC. The molecule has 2 heterocycles. The van der Waals surface area contributed by atoms with Gasteiger partial charge >= 0.3 is 0 Å². The van der Waals surface area contributed by atoms with E-state index in [0.29, 0.717) is 28.9 Å². The zero-order chi connectivity index (χ0) is 17.6. The lowest BCUT2D eigenvalue weighted by Crippen LogP contribution is -2.25. The molecule has 1 amide bonds. The van der Waals surface area contributed by atoms with Crippen molar-refractivity contribution in [2.24, 2.45) is 0 Å². The van der Waals surface area contributed by atoms with Gasteiger partial charge in [-0.15, -0.1) is 5.10 Å². The smallest absolute Gasteiger partial charge is 0.224 e. The molecule has 1 aromatic carbocycles. The standard InChI is InChI=1S/C17H18N4O4/c1-23-12-6-5-11(8-14(12)24-2)9-16(22)18-10-15-19-17(21-20-15)13-4-3-7-25-13/h3-8H,9-10H2,1-2H3,(H,18,22)(H,19,20,21). The predicted molar refractivity (Wildman–Crippen MR) is 89.2 cm³/mol. The van der Waals surface area contributed by atoms with Crippen molar-refractivity contribution in [3.05, 3.63) is 48.0 Å². The van der Waals surface area contributed by atoms with Gasteiger partial charge in [0.1, 0.15) is 5.82 Å². The van der Waals surface area contributed by atoms with E-state index in [1.807, 2.05) is 6.07 Å². The highest BCUT2D eigenvalue weighted by molar-refractivity contribution is 5.78. The number of hydrogen-bond donors (Lipinski definition) is 2. The molecule has 0 atom stereocenters. The summed E-state index contributed by atoms with van der Waals surface area (Å²) in [6.45, 7) is 0.250. The van der Waals surface area contributed by atoms with E-state index in [0.717, 1.165) is 5.56 Å². The first-order valence-corrected chi connectivity index (χ1v) is 7.62. The van der Waals surface area contributed by atoms with Crippen LogP contribution in [0.25, 0.3) is 11.6 Å². The van der Waals surface area contributed by atoms with E-state index in [1.165, 1.54) is 0 Å². The molecule has 0 aliphatic rings. The van der Waals surface area contributed by atoms with Crippen molar-refractivity contribution in [1.29, 1.82) is 0 Å². The number of H-pyrrole nitrogens is 1. The molecule has 0 fully saturated rings. The van der Waals surface area contributed by atoms with E-state index in [-0.39, 0.29) is 18.9 Å². The summed E-state index contributed by atoms with van der Waals surface area (Å²) in [5.74, 6) is 2.65. The van der Waals surface area contributed by atoms with Crippen LogP contribution in [-0.4, -0.2) is 35.3 Å². The Bertz CT molecular complexity index is 842. The lowest BCUT2D eigenvalue weighted by atomic mass is 10.1. The zero-order valence-electron chi connectivity index (χ0n) is 13.9. The van der Waals surface area contributed by atoms with E-state index in [2.05, 4.69) is 20.5 Å². The summed E-state index contributed by atoms with van der Waals surface area (Å²) >= 11 is 0. The zero-order valence-corrected chi connectivity index (χ0v) is 13.9. The number of carbonyl (C=O) groups is 1. The van der Waals surface area contributed by atoms with Crippen LogP contribution >= 0.6 is 0 Å². The van der Waals surface area contributed by atoms with E-state index in [1.54, 1.807) is 44.7 Å². The van der Waals surface area contributed by atoms with Crippen molar-refractivity contribution < 1.29 is 18.7 Å². The minimum absolute atomic E-state index is 0.136. The highest BCUT2D eigenvalue weighted by atomic mass is 16.5. The maximum absolute atomic E-state index is 12.1. The number of ether oxygens (including phenoxy) is 2. The molecule has 8 nitrogen and oxygen atoms in total. The van der Waals surface area contributed by atoms with Crippen LogP contribution in [0.2, 0.25) is 0 Å². The van der Waals surface area contributed by atoms with Crippen molar-refractivity contribution in [1.82, 2.24) is 20.5 Å². The van der Waals surface area contributed by atoms with Crippen LogP contribution in [0.3, 0.4) is 0 Å². The van der Waals surface area contributed by atoms with Crippen LogP contribution in [0, 0.1) is 0 Å². The second kappa shape index (κ2) is 7.52. The molecule has 130 valence electrons. The topological polar surface area (TPSA) is 102 Å². The summed E-state index contributed by atoms with van der Waals surface area (Å²) in [6, 6.07) is 8.90. The fourth-order valence-electron chi connectivity index (χ4n) is 2.31. The number of aromatic nitrogens is 3. The Balaban J connectivity index is 1.56. The molecule has 0 radical (unpaired) electrons. The number of nitrogens with zero attached hydrogens (tertiary/aromatic N) is 2. The number of methoxy groups -OCH3 is 2. The van der Waals surface area contributed by atoms with Crippen molar-refractivity contribution in [2.75, 3.05) is 14.2 Å². The molecule has 25 heavy (non-hydrogen) atoms. The number of carbonyl (C=O) groups excluding carboxylic acids is 1. The Labute approximate surface area is 144 Å². The average Bonchev–Trinajstić information content (AvgIpc) is 3.31. The van der Waals surface area contributed by atoms with E-state index >= 15 is 0 Å². The number of rotatable bonds is 7. The molecule has 0 aliphatic carbocycles. The minimum Gasteiger partial charge on any atom is -0.493 e. The first-order chi connectivity index (χ1) is 12.2. The van der Waals surface area contributed by atoms with Crippen LogP contribution in [-0.2, 0) is 17.8 Å². The molecule has 0 saturated carbocycles. The fourth-order valence-corrected chi connectivity index (χ4v) is 2.31. The number of nitrogens with one attached hydrogen (secondary N) is 2. The molecule has 0 aliphatic heterocycles. The molecular formula is C17H18N4O4. The predicted octanol–water partition coefficient (Wildman–Crippen LogP) is 1.94. The van der Waals surface area contributed by atoms with Gasteiger partial charge in [0.2, 0.25) is 11.7 Å². The molecular weight excluding hydrogens is 324 g/mol. The highest BCUT2D eigenvalue weighted by Gasteiger charge is 2.11. The summed E-state index contributed by atoms with van der Waals surface area (Å²) in [5, 5.41) is 9.62. The van der Waals surface area contributed by atoms with Crippen LogP contribution in [0.4, 0.5) is 0 Å². The van der Waals surface area contributed by atoms with Gasteiger partial charge in [0.25, 0.3) is 0 Å². The number of benzene rings is 1. The van der Waals surface area contributed by atoms with Crippen LogP contribution in [0.1, 0.15) is 11.4 Å². The third-order valence-corrected chi connectivity index (χ3v) is 3.54. The Morgan fingerprint density at radius 1 is 1.24 bits per heavy atom. The maximum atomic E-state index is 12.1. The summed E-state index contributed by atoms with van der Waals surface area (Å²) in [5.41, 5.74) is 0.823. The lowest BCUT2D eigenvalue weighted by molar-refractivity contribution is -0.120. The van der Waals surface area contributed by atoms with Gasteiger partial charge in [0, 0.05) is 0 Å². The Morgan fingerprint density at radius 2 is 2.08 bits per heavy atom. The molecule has 2 aromatic heterocycles. The molecule has 3 rings (SSSR count). The molecule has 8 heteroatoms. The van der Waals surface area contributed by atoms with E-state index in [4.69, 9.17) is 13.9 Å². The van der Waals surface area contributed by atoms with Crippen molar-refractivity contribution in [3.63, 3.8) is 0 Å². The molecule has 0 saturated heterocycles. The molecule has 0 unspecified atom stereocenters. The Morgan fingerprint density at radius 3 is 2.80 bits per heavy atom. The highest BCUT2D eigenvalue weighted by Crippen LogP contribution is 2.27. The van der Waals surface area contributed by atoms with Gasteiger partial charge in [-0.05, 0) is 29.8 Å². The quantitative estimate of drug-likeness (QED) is 0.680. The average molecular weight is 342 g/mol. The van der Waals surface area contributed by atoms with E-state index < -0.39 is 0 Å². The third-order valence-electron chi connectivity index (χ3n) is 3.54. The van der Waals surface area contributed by atoms with Crippen molar-refractivity contribution in [3.8, 4) is 23.1 Å². The minimum atomic E-state index is -0.136. The first kappa shape index (κ1) is 16.6. The molecule has 2 N–H and O–H groups in total. The number of hydrogen-bond acceptors (Lipinski definition) is 6. The monoisotopic (exact) mass is 342 g/mol. The van der Waals surface area contributed by atoms with Crippen molar-refractivity contribution in [2.45, 2.75) is 13.0 Å².